The molecule has 0 amide bonds. The average molecular weight is 255 g/mol. The van der Waals surface area contributed by atoms with Crippen LogP contribution in [0, 0.1) is 0 Å². The Balaban J connectivity index is 2.90. The fourth-order valence-electron chi connectivity index (χ4n) is 1.21. The van der Waals surface area contributed by atoms with Gasteiger partial charge in [-0.15, -0.1) is 0 Å². The van der Waals surface area contributed by atoms with E-state index in [1.807, 2.05) is 0 Å². The van der Waals surface area contributed by atoms with Gasteiger partial charge in [0, 0.05) is 13.1 Å². The second kappa shape index (κ2) is 4.02. The van der Waals surface area contributed by atoms with Crippen molar-refractivity contribution in [2.24, 2.45) is 0 Å². The molecule has 0 spiro atoms. The van der Waals surface area contributed by atoms with Gasteiger partial charge in [-0.2, -0.15) is 30.7 Å². The summed E-state index contributed by atoms with van der Waals surface area (Å²) < 4.78 is 91.0. The van der Waals surface area contributed by atoms with E-state index in [0.717, 1.165) is 0 Å². The molecule has 1 aliphatic heterocycles. The second-order valence-electron chi connectivity index (χ2n) is 3.21. The maximum Gasteiger partial charge on any atom is 0.461 e. The Morgan fingerprint density at radius 3 is 1.62 bits per heavy atom. The van der Waals surface area contributed by atoms with Crippen LogP contribution in [0.2, 0.25) is 0 Å². The molecule has 0 aromatic carbocycles. The van der Waals surface area contributed by atoms with Gasteiger partial charge >= 0.3 is 18.1 Å². The first-order valence-corrected chi connectivity index (χ1v) is 4.26. The van der Waals surface area contributed by atoms with Crippen LogP contribution in [-0.2, 0) is 4.74 Å². The van der Waals surface area contributed by atoms with E-state index < -0.39 is 31.2 Å². The van der Waals surface area contributed by atoms with Gasteiger partial charge in [0.1, 0.15) is 0 Å². The Morgan fingerprint density at radius 1 is 0.812 bits per heavy atom. The normalized spacial score (nSPS) is 21.2. The van der Waals surface area contributed by atoms with Crippen LogP contribution >= 0.6 is 0 Å². The third-order valence-electron chi connectivity index (χ3n) is 2.14. The van der Waals surface area contributed by atoms with Gasteiger partial charge in [0.15, 0.2) is 0 Å². The number of halogens is 7. The molecule has 1 heterocycles. The quantitative estimate of drug-likeness (QED) is 0.553. The minimum atomic E-state index is -6.28. The molecule has 2 nitrogen and oxygen atoms in total. The van der Waals surface area contributed by atoms with Gasteiger partial charge in [0.05, 0.1) is 13.2 Å². The highest BCUT2D eigenvalue weighted by Crippen LogP contribution is 2.48. The van der Waals surface area contributed by atoms with Gasteiger partial charge in [0.2, 0.25) is 0 Å². The van der Waals surface area contributed by atoms with Crippen molar-refractivity contribution in [1.82, 2.24) is 4.90 Å². The summed E-state index contributed by atoms with van der Waals surface area (Å²) in [6.45, 7) is -1.94. The van der Waals surface area contributed by atoms with E-state index in [1.165, 1.54) is 0 Å². The molecular formula is C7H8F7NO. The van der Waals surface area contributed by atoms with E-state index in [9.17, 15) is 30.7 Å². The lowest BCUT2D eigenvalue weighted by Gasteiger charge is -2.38. The third-order valence-corrected chi connectivity index (χ3v) is 2.14. The van der Waals surface area contributed by atoms with Crippen LogP contribution in [0.4, 0.5) is 30.7 Å². The fraction of sp³-hybridized carbons (Fsp3) is 1.00. The number of morpholine rings is 1. The Bertz CT molecular complexity index is 246. The molecule has 1 rings (SSSR count). The highest BCUT2D eigenvalue weighted by Gasteiger charge is 2.75. The molecule has 9 heteroatoms. The standard InChI is InChI=1S/C7H8F7NO/c8-5(9,6(10,11)12)7(13,14)15-1-3-16-4-2-15/h1-4H2. The van der Waals surface area contributed by atoms with E-state index in [0.29, 0.717) is 0 Å². The minimum Gasteiger partial charge on any atom is -0.379 e. The highest BCUT2D eigenvalue weighted by atomic mass is 19.4. The molecule has 0 aliphatic carbocycles. The van der Waals surface area contributed by atoms with Crippen molar-refractivity contribution in [3.8, 4) is 0 Å². The number of hydrogen-bond donors (Lipinski definition) is 0. The first-order valence-electron chi connectivity index (χ1n) is 4.26. The summed E-state index contributed by atoms with van der Waals surface area (Å²) in [5.74, 6) is -6.07. The predicted molar refractivity (Wildman–Crippen MR) is 38.3 cm³/mol. The summed E-state index contributed by atoms with van der Waals surface area (Å²) in [6, 6.07) is -5.25. The topological polar surface area (TPSA) is 12.5 Å². The van der Waals surface area contributed by atoms with Gasteiger partial charge in [-0.25, -0.2) is 4.90 Å². The number of rotatable bonds is 2. The van der Waals surface area contributed by atoms with Gasteiger partial charge in [0.25, 0.3) is 0 Å². The zero-order valence-corrected chi connectivity index (χ0v) is 7.83. The maximum atomic E-state index is 13.0. The number of ether oxygens (including phenoxy) is 1. The van der Waals surface area contributed by atoms with Crippen LogP contribution in [-0.4, -0.2) is 49.3 Å². The summed E-state index contributed by atoms with van der Waals surface area (Å²) in [5.41, 5.74) is 0. The SMILES string of the molecule is FC(F)(F)C(F)(F)C(F)(F)N1CCOCC1. The van der Waals surface area contributed by atoms with E-state index in [4.69, 9.17) is 0 Å². The summed E-state index contributed by atoms with van der Waals surface area (Å²) in [7, 11) is 0. The van der Waals surface area contributed by atoms with Crippen molar-refractivity contribution in [3.05, 3.63) is 0 Å². The molecule has 16 heavy (non-hydrogen) atoms. The number of hydrogen-bond acceptors (Lipinski definition) is 2. The van der Waals surface area contributed by atoms with Crippen molar-refractivity contribution >= 4 is 0 Å². The van der Waals surface area contributed by atoms with Gasteiger partial charge < -0.3 is 4.74 Å². The molecule has 1 saturated heterocycles. The number of alkyl halides is 7. The van der Waals surface area contributed by atoms with Crippen molar-refractivity contribution < 1.29 is 35.5 Å². The molecule has 0 atom stereocenters. The maximum absolute atomic E-state index is 13.0. The van der Waals surface area contributed by atoms with Crippen LogP contribution in [0.25, 0.3) is 0 Å². The van der Waals surface area contributed by atoms with E-state index in [-0.39, 0.29) is 18.1 Å². The molecular weight excluding hydrogens is 247 g/mol. The van der Waals surface area contributed by atoms with Crippen molar-refractivity contribution in [2.75, 3.05) is 26.3 Å². The van der Waals surface area contributed by atoms with Crippen LogP contribution in [0.5, 0.6) is 0 Å². The van der Waals surface area contributed by atoms with Crippen LogP contribution in [0.3, 0.4) is 0 Å². The fourth-order valence-corrected chi connectivity index (χ4v) is 1.21. The lowest BCUT2D eigenvalue weighted by atomic mass is 10.2. The molecule has 0 unspecified atom stereocenters. The van der Waals surface area contributed by atoms with Gasteiger partial charge in [-0.3, -0.25) is 0 Å². The largest absolute Gasteiger partial charge is 0.461 e. The van der Waals surface area contributed by atoms with Crippen LogP contribution in [0.15, 0.2) is 0 Å². The Kier molecular flexibility index (Phi) is 3.39. The number of nitrogens with zero attached hydrogens (tertiary/aromatic N) is 1. The average Bonchev–Trinajstić information content (AvgIpc) is 2.17. The Hall–Kier alpha value is -0.570. The third kappa shape index (κ3) is 2.10. The Morgan fingerprint density at radius 2 is 1.25 bits per heavy atom. The highest BCUT2D eigenvalue weighted by molar-refractivity contribution is 4.91. The van der Waals surface area contributed by atoms with Crippen molar-refractivity contribution in [2.45, 2.75) is 18.1 Å². The van der Waals surface area contributed by atoms with Crippen molar-refractivity contribution in [3.63, 3.8) is 0 Å². The Labute approximate surface area is 86.0 Å². The molecule has 0 aromatic rings. The lowest BCUT2D eigenvalue weighted by Crippen LogP contribution is -2.63. The molecule has 0 radical (unpaired) electrons. The molecule has 0 bridgehead atoms. The summed E-state index contributed by atoms with van der Waals surface area (Å²) >= 11 is 0. The first-order chi connectivity index (χ1) is 7.11. The molecule has 0 aromatic heterocycles. The molecule has 1 fully saturated rings. The zero-order chi connectivity index (χ0) is 12.6. The van der Waals surface area contributed by atoms with Gasteiger partial charge in [-0.05, 0) is 0 Å². The second-order valence-corrected chi connectivity index (χ2v) is 3.21. The smallest absolute Gasteiger partial charge is 0.379 e. The monoisotopic (exact) mass is 255 g/mol. The first kappa shape index (κ1) is 13.5. The minimum absolute atomic E-state index is 0.218. The molecule has 0 N–H and O–H groups in total. The van der Waals surface area contributed by atoms with E-state index in [2.05, 4.69) is 4.74 Å². The van der Waals surface area contributed by atoms with E-state index in [1.54, 1.807) is 0 Å². The van der Waals surface area contributed by atoms with Crippen LogP contribution < -0.4 is 0 Å². The van der Waals surface area contributed by atoms with Gasteiger partial charge in [-0.1, -0.05) is 0 Å². The molecule has 96 valence electrons. The summed E-state index contributed by atoms with van der Waals surface area (Å²) in [5, 5.41) is 0. The summed E-state index contributed by atoms with van der Waals surface area (Å²) in [4.78, 5) is -0.218. The van der Waals surface area contributed by atoms with E-state index >= 15 is 0 Å². The zero-order valence-electron chi connectivity index (χ0n) is 7.83. The van der Waals surface area contributed by atoms with Crippen LogP contribution in [0.1, 0.15) is 0 Å². The lowest BCUT2D eigenvalue weighted by molar-refractivity contribution is -0.392. The predicted octanol–water partition coefficient (Wildman–Crippen LogP) is 2.11. The van der Waals surface area contributed by atoms with Crippen molar-refractivity contribution in [1.29, 1.82) is 0 Å². The molecule has 0 saturated carbocycles. The molecule has 1 aliphatic rings. The summed E-state index contributed by atoms with van der Waals surface area (Å²) in [6.07, 6.45) is -6.28.